The Bertz CT molecular complexity index is 834. The molecule has 3 rings (SSSR count). The second kappa shape index (κ2) is 10.2. The lowest BCUT2D eigenvalue weighted by Gasteiger charge is -2.50. The Balaban J connectivity index is 1.94. The Morgan fingerprint density at radius 1 is 1.24 bits per heavy atom. The molecule has 0 radical (unpaired) electrons. The van der Waals surface area contributed by atoms with Gasteiger partial charge in [-0.25, -0.2) is 4.79 Å². The number of carbonyl (C=O) groups is 2. The summed E-state index contributed by atoms with van der Waals surface area (Å²) >= 11 is 6.25. The van der Waals surface area contributed by atoms with Crippen LogP contribution >= 0.6 is 11.6 Å². The lowest BCUT2D eigenvalue weighted by molar-refractivity contribution is -0.268. The third-order valence-corrected chi connectivity index (χ3v) is 6.15. The summed E-state index contributed by atoms with van der Waals surface area (Å²) in [5.74, 6) is -1.19. The van der Waals surface area contributed by atoms with Gasteiger partial charge in [0.25, 0.3) is 0 Å². The summed E-state index contributed by atoms with van der Waals surface area (Å²) in [5, 5.41) is 27.7. The molecule has 184 valence electrons. The third kappa shape index (κ3) is 6.03. The quantitative estimate of drug-likeness (QED) is 0.360. The highest BCUT2D eigenvalue weighted by atomic mass is 35.5. The van der Waals surface area contributed by atoms with E-state index in [1.807, 2.05) is 30.3 Å². The molecule has 4 N–H and O–H groups in total. The monoisotopic (exact) mass is 484 g/mol. The number of rotatable bonds is 5. The molecule has 0 unspecified atom stereocenters. The number of alkyl halides is 1. The van der Waals surface area contributed by atoms with Crippen molar-refractivity contribution in [2.75, 3.05) is 12.5 Å². The predicted molar refractivity (Wildman–Crippen MR) is 120 cm³/mol. The van der Waals surface area contributed by atoms with Crippen LogP contribution < -0.4 is 10.6 Å². The molecule has 0 spiro atoms. The van der Waals surface area contributed by atoms with Crippen molar-refractivity contribution in [1.29, 1.82) is 0 Å². The fourth-order valence-corrected chi connectivity index (χ4v) is 4.52. The minimum Gasteiger partial charge on any atom is -0.459 e. The van der Waals surface area contributed by atoms with Gasteiger partial charge in [0.05, 0.1) is 30.7 Å². The van der Waals surface area contributed by atoms with Gasteiger partial charge in [0, 0.05) is 18.9 Å². The fraction of sp³-hybridized carbons (Fsp3) is 0.652. The predicted octanol–water partition coefficient (Wildman–Crippen LogP) is 1.01. The molecule has 10 heteroatoms. The number of piperidine rings is 1. The van der Waals surface area contributed by atoms with E-state index < -0.39 is 53.8 Å². The van der Waals surface area contributed by atoms with Crippen LogP contribution in [0.5, 0.6) is 0 Å². The van der Waals surface area contributed by atoms with Gasteiger partial charge in [-0.3, -0.25) is 10.1 Å². The number of aliphatic hydroxyl groups is 2. The number of benzene rings is 1. The molecule has 2 aliphatic rings. The van der Waals surface area contributed by atoms with E-state index in [-0.39, 0.29) is 24.8 Å². The summed E-state index contributed by atoms with van der Waals surface area (Å²) in [6.45, 7) is 6.50. The molecule has 1 aromatic carbocycles. The SMILES string of the molecule is CC(=O)N[C@H]1[C@H]([C@@H]2O[C@H](c3ccccc3)OC[C@H]2O)N[C@](CCl)(C(=O)OC(C)(C)C)C[C@H]1O. The molecule has 2 saturated heterocycles. The first-order chi connectivity index (χ1) is 15.5. The molecule has 2 fully saturated rings. The highest BCUT2D eigenvalue weighted by Crippen LogP contribution is 2.34. The Labute approximate surface area is 198 Å². The van der Waals surface area contributed by atoms with Crippen molar-refractivity contribution in [3.8, 4) is 0 Å². The van der Waals surface area contributed by atoms with Gasteiger partial charge in [0.15, 0.2) is 6.29 Å². The van der Waals surface area contributed by atoms with E-state index in [2.05, 4.69) is 10.6 Å². The first-order valence-electron chi connectivity index (χ1n) is 11.0. The smallest absolute Gasteiger partial charge is 0.328 e. The van der Waals surface area contributed by atoms with E-state index in [0.29, 0.717) is 0 Å². The average Bonchev–Trinajstić information content (AvgIpc) is 2.74. The maximum Gasteiger partial charge on any atom is 0.328 e. The minimum absolute atomic E-state index is 0.0361. The van der Waals surface area contributed by atoms with E-state index in [1.54, 1.807) is 20.8 Å². The van der Waals surface area contributed by atoms with Gasteiger partial charge in [-0.1, -0.05) is 30.3 Å². The molecule has 33 heavy (non-hydrogen) atoms. The third-order valence-electron chi connectivity index (χ3n) is 5.69. The number of esters is 1. The molecule has 0 aliphatic carbocycles. The molecule has 2 heterocycles. The van der Waals surface area contributed by atoms with Crippen molar-refractivity contribution >= 4 is 23.5 Å². The van der Waals surface area contributed by atoms with Crippen LogP contribution in [-0.2, 0) is 23.8 Å². The number of amides is 1. The van der Waals surface area contributed by atoms with Gasteiger partial charge in [-0.2, -0.15) is 0 Å². The van der Waals surface area contributed by atoms with E-state index in [9.17, 15) is 19.8 Å². The number of ether oxygens (including phenoxy) is 3. The van der Waals surface area contributed by atoms with Gasteiger partial charge in [-0.05, 0) is 20.8 Å². The molecule has 1 aromatic rings. The van der Waals surface area contributed by atoms with Crippen LogP contribution in [0.4, 0.5) is 0 Å². The second-order valence-corrected chi connectivity index (χ2v) is 9.90. The number of aliphatic hydroxyl groups excluding tert-OH is 2. The molecule has 0 bridgehead atoms. The zero-order chi connectivity index (χ0) is 24.4. The van der Waals surface area contributed by atoms with Crippen molar-refractivity contribution in [2.24, 2.45) is 0 Å². The van der Waals surface area contributed by atoms with Crippen LogP contribution in [0.15, 0.2) is 30.3 Å². The van der Waals surface area contributed by atoms with Crippen molar-refractivity contribution in [2.45, 2.75) is 81.9 Å². The summed E-state index contributed by atoms with van der Waals surface area (Å²) in [4.78, 5) is 25.1. The van der Waals surface area contributed by atoms with Crippen molar-refractivity contribution in [3.63, 3.8) is 0 Å². The Morgan fingerprint density at radius 3 is 2.48 bits per heavy atom. The first-order valence-corrected chi connectivity index (χ1v) is 11.5. The number of nitrogens with one attached hydrogen (secondary N) is 2. The lowest BCUT2D eigenvalue weighted by atomic mass is 9.79. The maximum atomic E-state index is 13.1. The fourth-order valence-electron chi connectivity index (χ4n) is 4.23. The van der Waals surface area contributed by atoms with Gasteiger partial charge in [0.1, 0.15) is 23.3 Å². The molecule has 0 saturated carbocycles. The van der Waals surface area contributed by atoms with Gasteiger partial charge >= 0.3 is 5.97 Å². The zero-order valence-electron chi connectivity index (χ0n) is 19.3. The average molecular weight is 485 g/mol. The van der Waals surface area contributed by atoms with E-state index in [0.717, 1.165) is 5.56 Å². The van der Waals surface area contributed by atoms with Crippen molar-refractivity contribution in [3.05, 3.63) is 35.9 Å². The maximum absolute atomic E-state index is 13.1. The van der Waals surface area contributed by atoms with E-state index in [1.165, 1.54) is 6.92 Å². The summed E-state index contributed by atoms with van der Waals surface area (Å²) < 4.78 is 17.4. The van der Waals surface area contributed by atoms with Crippen LogP contribution in [0.1, 0.15) is 46.0 Å². The highest BCUT2D eigenvalue weighted by molar-refractivity contribution is 6.20. The van der Waals surface area contributed by atoms with Crippen LogP contribution in [0.25, 0.3) is 0 Å². The zero-order valence-corrected chi connectivity index (χ0v) is 20.0. The lowest BCUT2D eigenvalue weighted by Crippen LogP contribution is -2.76. The molecular weight excluding hydrogens is 452 g/mol. The Kier molecular flexibility index (Phi) is 8.03. The normalized spacial score (nSPS) is 35.0. The first kappa shape index (κ1) is 25.9. The van der Waals surface area contributed by atoms with Crippen molar-refractivity contribution in [1.82, 2.24) is 10.6 Å². The Hall–Kier alpha value is -1.75. The summed E-state index contributed by atoms with van der Waals surface area (Å²) in [6.07, 6.45) is -4.03. The van der Waals surface area contributed by atoms with Gasteiger partial charge in [0.2, 0.25) is 5.91 Å². The van der Waals surface area contributed by atoms with E-state index in [4.69, 9.17) is 25.8 Å². The highest BCUT2D eigenvalue weighted by Gasteiger charge is 2.55. The minimum atomic E-state index is -1.45. The molecule has 0 aromatic heterocycles. The largest absolute Gasteiger partial charge is 0.459 e. The second-order valence-electron chi connectivity index (χ2n) is 9.63. The summed E-state index contributed by atoms with van der Waals surface area (Å²) in [5.41, 5.74) is -1.48. The number of hydrogen-bond donors (Lipinski definition) is 4. The number of halogens is 1. The van der Waals surface area contributed by atoms with Gasteiger partial charge in [-0.15, -0.1) is 11.6 Å². The Morgan fingerprint density at radius 2 is 1.91 bits per heavy atom. The van der Waals surface area contributed by atoms with Crippen LogP contribution in [0, 0.1) is 0 Å². The van der Waals surface area contributed by atoms with Gasteiger partial charge < -0.3 is 29.7 Å². The standard InChI is InChI=1S/C23H33ClN2O7/c1-13(27)25-17-15(28)10-23(12-24,21(30)33-22(2,3)4)26-18(17)19-16(29)11-31-20(32-19)14-8-6-5-7-9-14/h5-9,15-20,26,28-29H,10-12H2,1-4H3,(H,25,27)/t15-,16-,17-,18-,19-,20-,23-/m1/s1. The number of carbonyl (C=O) groups excluding carboxylic acids is 2. The molecule has 1 amide bonds. The van der Waals surface area contributed by atoms with E-state index >= 15 is 0 Å². The van der Waals surface area contributed by atoms with Crippen LogP contribution in [0.3, 0.4) is 0 Å². The molecule has 9 nitrogen and oxygen atoms in total. The summed E-state index contributed by atoms with van der Waals surface area (Å²) in [6, 6.07) is 7.48. The number of hydrogen-bond acceptors (Lipinski definition) is 8. The summed E-state index contributed by atoms with van der Waals surface area (Å²) in [7, 11) is 0. The van der Waals surface area contributed by atoms with Crippen LogP contribution in [0.2, 0.25) is 0 Å². The van der Waals surface area contributed by atoms with Crippen molar-refractivity contribution < 1.29 is 34.0 Å². The topological polar surface area (TPSA) is 126 Å². The molecule has 7 atom stereocenters. The molecule has 2 aliphatic heterocycles. The van der Waals surface area contributed by atoms with Crippen LogP contribution in [-0.4, -0.2) is 76.1 Å². The molecular formula is C23H33ClN2O7.